The molecule has 20 heavy (non-hydrogen) atoms. The first kappa shape index (κ1) is 14.8. The van der Waals surface area contributed by atoms with E-state index >= 15 is 0 Å². The summed E-state index contributed by atoms with van der Waals surface area (Å²) in [5.41, 5.74) is 0. The van der Waals surface area contributed by atoms with Gasteiger partial charge >= 0.3 is 0 Å². The van der Waals surface area contributed by atoms with Crippen LogP contribution in [0.5, 0.6) is 0 Å². The topological polar surface area (TPSA) is 24.5 Å². The fourth-order valence-corrected chi connectivity index (χ4v) is 4.57. The Balaban J connectivity index is 1.63. The standard InChI is InChI=1S/C17H32N2O/c1-2-18-17(14-8-5-3-4-6-9-14)16-12-19-11-7-10-15(19)13-20-16/h14-18H,2-13H2,1H3. The molecule has 0 aromatic rings. The van der Waals surface area contributed by atoms with Crippen molar-refractivity contribution in [1.82, 2.24) is 10.2 Å². The molecular formula is C17H32N2O. The molecule has 3 unspecified atom stereocenters. The second-order valence-electron chi connectivity index (χ2n) is 7.00. The summed E-state index contributed by atoms with van der Waals surface area (Å²) in [6.07, 6.45) is 11.7. The molecule has 1 aliphatic carbocycles. The van der Waals surface area contributed by atoms with E-state index in [0.29, 0.717) is 12.1 Å². The Labute approximate surface area is 124 Å². The van der Waals surface area contributed by atoms with Gasteiger partial charge in [-0.1, -0.05) is 32.6 Å². The quantitative estimate of drug-likeness (QED) is 0.802. The number of nitrogens with zero attached hydrogens (tertiary/aromatic N) is 1. The van der Waals surface area contributed by atoms with Crippen molar-refractivity contribution in [2.24, 2.45) is 5.92 Å². The lowest BCUT2D eigenvalue weighted by Crippen LogP contribution is -2.56. The van der Waals surface area contributed by atoms with Gasteiger partial charge in [-0.05, 0) is 44.7 Å². The van der Waals surface area contributed by atoms with E-state index in [-0.39, 0.29) is 0 Å². The predicted molar refractivity (Wildman–Crippen MR) is 83.0 cm³/mol. The first-order valence-corrected chi connectivity index (χ1v) is 8.97. The minimum atomic E-state index is 0.424. The zero-order valence-electron chi connectivity index (χ0n) is 13.2. The van der Waals surface area contributed by atoms with Crippen LogP contribution in [0.1, 0.15) is 58.3 Å². The second-order valence-corrected chi connectivity index (χ2v) is 7.00. The average Bonchev–Trinajstić information content (AvgIpc) is 2.77. The van der Waals surface area contributed by atoms with Crippen molar-refractivity contribution in [1.29, 1.82) is 0 Å². The Morgan fingerprint density at radius 3 is 2.65 bits per heavy atom. The molecule has 0 bridgehead atoms. The molecule has 3 fully saturated rings. The number of nitrogens with one attached hydrogen (secondary N) is 1. The summed E-state index contributed by atoms with van der Waals surface area (Å²) in [5, 5.41) is 3.78. The van der Waals surface area contributed by atoms with Crippen LogP contribution in [-0.4, -0.2) is 49.3 Å². The van der Waals surface area contributed by atoms with Crippen molar-refractivity contribution in [3.8, 4) is 0 Å². The SMILES string of the molecule is CCNC(C1CCCCCC1)C1CN2CCCC2CO1. The average molecular weight is 280 g/mol. The van der Waals surface area contributed by atoms with E-state index in [9.17, 15) is 0 Å². The highest BCUT2D eigenvalue weighted by Crippen LogP contribution is 2.31. The number of morpholine rings is 1. The third kappa shape index (κ3) is 3.37. The highest BCUT2D eigenvalue weighted by molar-refractivity contribution is 4.93. The first-order chi connectivity index (χ1) is 9.88. The van der Waals surface area contributed by atoms with E-state index in [1.54, 1.807) is 0 Å². The molecular weight excluding hydrogens is 248 g/mol. The summed E-state index contributed by atoms with van der Waals surface area (Å²) in [7, 11) is 0. The van der Waals surface area contributed by atoms with Crippen LogP contribution in [0.4, 0.5) is 0 Å². The molecule has 0 amide bonds. The summed E-state index contributed by atoms with van der Waals surface area (Å²) in [6.45, 7) is 6.75. The van der Waals surface area contributed by atoms with Crippen LogP contribution in [0, 0.1) is 5.92 Å². The Morgan fingerprint density at radius 1 is 1.10 bits per heavy atom. The predicted octanol–water partition coefficient (Wildman–Crippen LogP) is 2.80. The van der Waals surface area contributed by atoms with E-state index in [1.165, 1.54) is 64.5 Å². The van der Waals surface area contributed by atoms with Gasteiger partial charge in [-0.2, -0.15) is 0 Å². The third-order valence-corrected chi connectivity index (χ3v) is 5.66. The van der Waals surface area contributed by atoms with Crippen LogP contribution in [0.2, 0.25) is 0 Å². The summed E-state index contributed by atoms with van der Waals surface area (Å²) >= 11 is 0. The molecule has 1 N–H and O–H groups in total. The molecule has 116 valence electrons. The smallest absolute Gasteiger partial charge is 0.0858 e. The number of likely N-dealkylation sites (N-methyl/N-ethyl adjacent to an activating group) is 1. The monoisotopic (exact) mass is 280 g/mol. The number of hydrogen-bond donors (Lipinski definition) is 1. The molecule has 0 spiro atoms. The van der Waals surface area contributed by atoms with Crippen molar-refractivity contribution in [2.75, 3.05) is 26.2 Å². The van der Waals surface area contributed by atoms with Crippen molar-refractivity contribution in [3.63, 3.8) is 0 Å². The second kappa shape index (κ2) is 7.24. The molecule has 2 heterocycles. The molecule has 3 atom stereocenters. The maximum absolute atomic E-state index is 6.30. The number of fused-ring (bicyclic) bond motifs is 1. The largest absolute Gasteiger partial charge is 0.374 e. The van der Waals surface area contributed by atoms with E-state index < -0.39 is 0 Å². The zero-order valence-corrected chi connectivity index (χ0v) is 13.2. The molecule has 2 saturated heterocycles. The highest BCUT2D eigenvalue weighted by atomic mass is 16.5. The van der Waals surface area contributed by atoms with Crippen LogP contribution >= 0.6 is 0 Å². The van der Waals surface area contributed by atoms with E-state index in [0.717, 1.165) is 25.1 Å². The third-order valence-electron chi connectivity index (χ3n) is 5.66. The molecule has 3 rings (SSSR count). The maximum Gasteiger partial charge on any atom is 0.0858 e. The van der Waals surface area contributed by atoms with Crippen molar-refractivity contribution >= 4 is 0 Å². The Hall–Kier alpha value is -0.120. The molecule has 0 radical (unpaired) electrons. The van der Waals surface area contributed by atoms with Crippen LogP contribution in [0.25, 0.3) is 0 Å². The first-order valence-electron chi connectivity index (χ1n) is 8.97. The van der Waals surface area contributed by atoms with Gasteiger partial charge < -0.3 is 10.1 Å². The number of ether oxygens (including phenoxy) is 1. The minimum absolute atomic E-state index is 0.424. The van der Waals surface area contributed by atoms with Gasteiger partial charge in [0.2, 0.25) is 0 Å². The normalized spacial score (nSPS) is 34.6. The van der Waals surface area contributed by atoms with Crippen LogP contribution in [-0.2, 0) is 4.74 Å². The van der Waals surface area contributed by atoms with Crippen molar-refractivity contribution in [3.05, 3.63) is 0 Å². The van der Waals surface area contributed by atoms with Crippen molar-refractivity contribution in [2.45, 2.75) is 76.5 Å². The van der Waals surface area contributed by atoms with Gasteiger partial charge in [-0.3, -0.25) is 4.90 Å². The fraction of sp³-hybridized carbons (Fsp3) is 1.00. The molecule has 2 aliphatic heterocycles. The summed E-state index contributed by atoms with van der Waals surface area (Å²) in [4.78, 5) is 2.69. The lowest BCUT2D eigenvalue weighted by molar-refractivity contribution is -0.0742. The summed E-state index contributed by atoms with van der Waals surface area (Å²) < 4.78 is 6.30. The Bertz CT molecular complexity index is 289. The lowest BCUT2D eigenvalue weighted by atomic mass is 9.87. The molecule has 0 aromatic heterocycles. The van der Waals surface area contributed by atoms with Gasteiger partial charge in [-0.15, -0.1) is 0 Å². The van der Waals surface area contributed by atoms with Crippen LogP contribution in [0.3, 0.4) is 0 Å². The maximum atomic E-state index is 6.30. The molecule has 3 nitrogen and oxygen atoms in total. The fourth-order valence-electron chi connectivity index (χ4n) is 4.57. The van der Waals surface area contributed by atoms with Gasteiger partial charge in [-0.25, -0.2) is 0 Å². The zero-order chi connectivity index (χ0) is 13.8. The molecule has 0 aromatic carbocycles. The van der Waals surface area contributed by atoms with E-state index in [1.807, 2.05) is 0 Å². The van der Waals surface area contributed by atoms with E-state index in [2.05, 4.69) is 17.1 Å². The van der Waals surface area contributed by atoms with Gasteiger partial charge in [0.15, 0.2) is 0 Å². The van der Waals surface area contributed by atoms with E-state index in [4.69, 9.17) is 4.74 Å². The van der Waals surface area contributed by atoms with Crippen LogP contribution < -0.4 is 5.32 Å². The van der Waals surface area contributed by atoms with Crippen LogP contribution in [0.15, 0.2) is 0 Å². The number of hydrogen-bond acceptors (Lipinski definition) is 3. The Morgan fingerprint density at radius 2 is 1.90 bits per heavy atom. The Kier molecular flexibility index (Phi) is 5.36. The highest BCUT2D eigenvalue weighted by Gasteiger charge is 2.38. The minimum Gasteiger partial charge on any atom is -0.374 e. The molecule has 3 aliphatic rings. The molecule has 3 heteroatoms. The van der Waals surface area contributed by atoms with Gasteiger partial charge in [0.05, 0.1) is 12.7 Å². The summed E-state index contributed by atoms with van der Waals surface area (Å²) in [5.74, 6) is 0.835. The van der Waals surface area contributed by atoms with Gasteiger partial charge in [0.25, 0.3) is 0 Å². The molecule has 1 saturated carbocycles. The summed E-state index contributed by atoms with van der Waals surface area (Å²) in [6, 6.07) is 1.31. The van der Waals surface area contributed by atoms with Crippen molar-refractivity contribution < 1.29 is 4.74 Å². The van der Waals surface area contributed by atoms with Gasteiger partial charge in [0, 0.05) is 18.6 Å². The number of rotatable bonds is 4. The van der Waals surface area contributed by atoms with Gasteiger partial charge in [0.1, 0.15) is 0 Å². The lowest BCUT2D eigenvalue weighted by Gasteiger charge is -2.41.